The maximum absolute atomic E-state index is 11.9. The van der Waals surface area contributed by atoms with Gasteiger partial charge in [-0.3, -0.25) is 14.7 Å². The Morgan fingerprint density at radius 3 is 2.32 bits per heavy atom. The first-order valence-electron chi connectivity index (χ1n) is 7.86. The van der Waals surface area contributed by atoms with Crippen LogP contribution in [0.5, 0.6) is 0 Å². The van der Waals surface area contributed by atoms with E-state index in [4.69, 9.17) is 22.4 Å². The van der Waals surface area contributed by atoms with Crippen LogP contribution in [-0.2, 0) is 0 Å². The molecule has 0 saturated carbocycles. The van der Waals surface area contributed by atoms with E-state index in [-0.39, 0.29) is 28.1 Å². The second kappa shape index (κ2) is 9.28. The number of aromatic amines is 1. The predicted molar refractivity (Wildman–Crippen MR) is 102 cm³/mol. The molecule has 3 rings (SSSR count). The molecule has 10 heteroatoms. The van der Waals surface area contributed by atoms with Gasteiger partial charge < -0.3 is 16.2 Å². The van der Waals surface area contributed by atoms with Gasteiger partial charge in [0, 0.05) is 17.3 Å². The number of benzene rings is 1. The summed E-state index contributed by atoms with van der Waals surface area (Å²) in [7, 11) is 0. The number of primary amides is 1. The molecule has 2 aromatic heterocycles. The Kier molecular flexibility index (Phi) is 6.83. The zero-order valence-electron chi connectivity index (χ0n) is 14.6. The van der Waals surface area contributed by atoms with Crippen molar-refractivity contribution in [1.29, 1.82) is 0 Å². The van der Waals surface area contributed by atoms with E-state index in [0.717, 1.165) is 0 Å². The smallest absolute Gasteiger partial charge is 0.353 e. The van der Waals surface area contributed by atoms with Gasteiger partial charge in [0.1, 0.15) is 10.8 Å². The molecule has 0 aliphatic carbocycles. The Hall–Kier alpha value is -3.72. The number of hydrogen-bond donors (Lipinski definition) is 4. The van der Waals surface area contributed by atoms with Crippen molar-refractivity contribution in [3.05, 3.63) is 76.2 Å². The number of aromatic nitrogens is 3. The maximum atomic E-state index is 11.9. The zero-order valence-corrected chi connectivity index (χ0v) is 15.4. The first kappa shape index (κ1) is 20.6. The number of carbonyl (C=O) groups is 3. The third-order valence-corrected chi connectivity index (χ3v) is 3.63. The summed E-state index contributed by atoms with van der Waals surface area (Å²) >= 11 is 5.85. The SMILES string of the molecule is Cc1ccc(C(=O)Nc2cc(C(=O)O)[nH]n2)c(Cl)n1.NC(=O)c1ccccc1. The second-order valence-electron chi connectivity index (χ2n) is 5.45. The topological polar surface area (TPSA) is 151 Å². The van der Waals surface area contributed by atoms with Crippen molar-refractivity contribution in [2.45, 2.75) is 6.92 Å². The van der Waals surface area contributed by atoms with Gasteiger partial charge in [-0.2, -0.15) is 5.10 Å². The average Bonchev–Trinajstić information content (AvgIpc) is 3.11. The number of nitrogens with two attached hydrogens (primary N) is 1. The van der Waals surface area contributed by atoms with Gasteiger partial charge in [-0.25, -0.2) is 9.78 Å². The fraction of sp³-hybridized carbons (Fsp3) is 0.0556. The predicted octanol–water partition coefficient (Wildman–Crippen LogP) is 2.50. The van der Waals surface area contributed by atoms with Gasteiger partial charge in [0.25, 0.3) is 5.91 Å². The monoisotopic (exact) mass is 401 g/mol. The summed E-state index contributed by atoms with van der Waals surface area (Å²) in [5.41, 5.74) is 6.28. The summed E-state index contributed by atoms with van der Waals surface area (Å²) in [4.78, 5) is 36.9. The van der Waals surface area contributed by atoms with Crippen LogP contribution in [0.15, 0.2) is 48.5 Å². The molecule has 144 valence electrons. The third kappa shape index (κ3) is 5.64. The number of carbonyl (C=O) groups excluding carboxylic acids is 2. The van der Waals surface area contributed by atoms with Crippen molar-refractivity contribution in [2.24, 2.45) is 5.73 Å². The van der Waals surface area contributed by atoms with E-state index >= 15 is 0 Å². The molecule has 0 aliphatic rings. The number of aryl methyl sites for hydroxylation is 1. The van der Waals surface area contributed by atoms with Gasteiger partial charge in [-0.1, -0.05) is 29.8 Å². The van der Waals surface area contributed by atoms with Crippen LogP contribution in [0.25, 0.3) is 0 Å². The van der Waals surface area contributed by atoms with Crippen molar-refractivity contribution in [2.75, 3.05) is 5.32 Å². The van der Waals surface area contributed by atoms with Gasteiger partial charge in [-0.15, -0.1) is 0 Å². The highest BCUT2D eigenvalue weighted by molar-refractivity contribution is 6.33. The summed E-state index contributed by atoms with van der Waals surface area (Å²) in [5.74, 6) is -1.96. The summed E-state index contributed by atoms with van der Waals surface area (Å²) < 4.78 is 0. The Morgan fingerprint density at radius 1 is 1.14 bits per heavy atom. The Labute approximate surface area is 164 Å². The normalized spacial score (nSPS) is 9.79. The molecule has 9 nitrogen and oxygen atoms in total. The highest BCUT2D eigenvalue weighted by Gasteiger charge is 2.14. The van der Waals surface area contributed by atoms with Crippen molar-refractivity contribution in [3.8, 4) is 0 Å². The molecule has 2 heterocycles. The molecular formula is C18H16ClN5O4. The highest BCUT2D eigenvalue weighted by Crippen LogP contribution is 2.15. The standard InChI is InChI=1S/C11H9ClN4O3.C7H7NO/c1-5-2-3-6(9(12)13-5)10(17)14-8-4-7(11(18)19)15-16-8;8-7(9)6-4-2-1-3-5-6/h2-4H,1H3,(H,18,19)(H2,14,15,16,17);1-5H,(H2,8,9). The van der Waals surface area contributed by atoms with E-state index in [2.05, 4.69) is 20.5 Å². The minimum atomic E-state index is -1.16. The molecule has 3 aromatic rings. The van der Waals surface area contributed by atoms with Crippen LogP contribution in [0.4, 0.5) is 5.82 Å². The molecule has 2 amide bonds. The number of rotatable bonds is 4. The number of hydrogen-bond acceptors (Lipinski definition) is 5. The zero-order chi connectivity index (χ0) is 20.7. The molecule has 0 aliphatic heterocycles. The lowest BCUT2D eigenvalue weighted by atomic mass is 10.2. The molecular weight excluding hydrogens is 386 g/mol. The molecule has 0 spiro atoms. The molecule has 0 fully saturated rings. The number of aromatic carboxylic acids is 1. The fourth-order valence-corrected chi connectivity index (χ4v) is 2.26. The van der Waals surface area contributed by atoms with Crippen LogP contribution in [0.3, 0.4) is 0 Å². The fourth-order valence-electron chi connectivity index (χ4n) is 1.98. The number of anilines is 1. The van der Waals surface area contributed by atoms with Crippen molar-refractivity contribution in [3.63, 3.8) is 0 Å². The highest BCUT2D eigenvalue weighted by atomic mass is 35.5. The lowest BCUT2D eigenvalue weighted by Crippen LogP contribution is -2.13. The number of nitrogens with one attached hydrogen (secondary N) is 2. The first-order chi connectivity index (χ1) is 13.3. The van der Waals surface area contributed by atoms with Crippen LogP contribution in [-0.4, -0.2) is 38.1 Å². The minimum absolute atomic E-state index is 0.0755. The van der Waals surface area contributed by atoms with Gasteiger partial charge >= 0.3 is 5.97 Å². The Balaban J connectivity index is 0.000000261. The number of carboxylic acid groups (broad SMARTS) is 1. The van der Waals surface area contributed by atoms with Gasteiger partial charge in [0.2, 0.25) is 5.91 Å². The lowest BCUT2D eigenvalue weighted by Gasteiger charge is -2.03. The maximum Gasteiger partial charge on any atom is 0.353 e. The summed E-state index contributed by atoms with van der Waals surface area (Å²) in [6, 6.07) is 13.1. The number of halogens is 1. The molecule has 1 aromatic carbocycles. The van der Waals surface area contributed by atoms with E-state index in [0.29, 0.717) is 11.3 Å². The molecule has 0 unspecified atom stereocenters. The van der Waals surface area contributed by atoms with Gasteiger partial charge in [0.15, 0.2) is 5.82 Å². The van der Waals surface area contributed by atoms with Crippen LogP contribution in [0.1, 0.15) is 36.9 Å². The number of nitrogens with zero attached hydrogens (tertiary/aromatic N) is 2. The molecule has 5 N–H and O–H groups in total. The number of carboxylic acids is 1. The number of amides is 2. The Bertz CT molecular complexity index is 1000. The molecule has 28 heavy (non-hydrogen) atoms. The molecule has 0 saturated heterocycles. The van der Waals surface area contributed by atoms with Gasteiger partial charge in [-0.05, 0) is 31.2 Å². The number of pyridine rings is 1. The molecule has 0 radical (unpaired) electrons. The summed E-state index contributed by atoms with van der Waals surface area (Å²) in [6.45, 7) is 1.75. The largest absolute Gasteiger partial charge is 0.477 e. The molecule has 0 bridgehead atoms. The molecule has 0 atom stereocenters. The van der Waals surface area contributed by atoms with Gasteiger partial charge in [0.05, 0.1) is 5.56 Å². The van der Waals surface area contributed by atoms with Crippen LogP contribution in [0.2, 0.25) is 5.15 Å². The van der Waals surface area contributed by atoms with Crippen molar-refractivity contribution in [1.82, 2.24) is 15.2 Å². The van der Waals surface area contributed by atoms with E-state index in [1.165, 1.54) is 12.1 Å². The average molecular weight is 402 g/mol. The van der Waals surface area contributed by atoms with Crippen LogP contribution in [0, 0.1) is 6.92 Å². The lowest BCUT2D eigenvalue weighted by molar-refractivity contribution is 0.0690. The second-order valence-corrected chi connectivity index (χ2v) is 5.81. The van der Waals surface area contributed by atoms with Crippen molar-refractivity contribution >= 4 is 35.2 Å². The third-order valence-electron chi connectivity index (χ3n) is 3.34. The van der Waals surface area contributed by atoms with E-state index in [1.54, 1.807) is 37.3 Å². The quantitative estimate of drug-likeness (QED) is 0.493. The minimum Gasteiger partial charge on any atom is -0.477 e. The van der Waals surface area contributed by atoms with Crippen molar-refractivity contribution < 1.29 is 19.5 Å². The first-order valence-corrected chi connectivity index (χ1v) is 8.23. The summed E-state index contributed by atoms with van der Waals surface area (Å²) in [5, 5.41) is 17.1. The van der Waals surface area contributed by atoms with E-state index in [1.807, 2.05) is 6.07 Å². The number of H-pyrrole nitrogens is 1. The van der Waals surface area contributed by atoms with E-state index in [9.17, 15) is 14.4 Å². The van der Waals surface area contributed by atoms with Crippen LogP contribution < -0.4 is 11.1 Å². The summed E-state index contributed by atoms with van der Waals surface area (Å²) in [6.07, 6.45) is 0. The Morgan fingerprint density at radius 2 is 1.82 bits per heavy atom. The van der Waals surface area contributed by atoms with Crippen LogP contribution >= 0.6 is 11.6 Å². The van der Waals surface area contributed by atoms with E-state index < -0.39 is 11.9 Å².